The van der Waals surface area contributed by atoms with Crippen molar-refractivity contribution in [3.63, 3.8) is 0 Å². The van der Waals surface area contributed by atoms with Crippen LogP contribution in [0.2, 0.25) is 5.02 Å². The predicted octanol–water partition coefficient (Wildman–Crippen LogP) is 2.70. The molecule has 0 aromatic heterocycles. The maximum atomic E-state index is 9.35. The third kappa shape index (κ3) is 3.98. The molecule has 1 N–H and O–H groups in total. The lowest BCUT2D eigenvalue weighted by Crippen LogP contribution is -2.20. The Morgan fingerprint density at radius 1 is 1.62 bits per heavy atom. The molecule has 86 valence electrons. The van der Waals surface area contributed by atoms with E-state index in [0.29, 0.717) is 10.8 Å². The second kappa shape index (κ2) is 6.23. The fraction of sp³-hybridized carbons (Fsp3) is 0.400. The van der Waals surface area contributed by atoms with Crippen LogP contribution >= 0.6 is 11.6 Å². The first-order valence-corrected chi connectivity index (χ1v) is 5.09. The van der Waals surface area contributed by atoms with Crippen molar-refractivity contribution in [1.82, 2.24) is 0 Å². The van der Waals surface area contributed by atoms with Gasteiger partial charge in [0.15, 0.2) is 0 Å². The molecule has 0 saturated carbocycles. The minimum atomic E-state index is -0.799. The van der Waals surface area contributed by atoms with Crippen LogP contribution in [0.1, 0.15) is 5.56 Å². The molecule has 1 aromatic carbocycles. The third-order valence-electron chi connectivity index (χ3n) is 1.93. The number of rotatable bonds is 5. The fourth-order valence-corrected chi connectivity index (χ4v) is 1.20. The number of hydrogen-bond donors (Lipinski definition) is 1. The number of azide groups is 1. The lowest BCUT2D eigenvalue weighted by Gasteiger charge is -2.10. The number of nitrogens with zero attached hydrogens (tertiary/aromatic N) is 3. The molecular formula is C10H12ClN3O2. The summed E-state index contributed by atoms with van der Waals surface area (Å²) in [5.74, 6) is 0.627. The Labute approximate surface area is 98.2 Å². The van der Waals surface area contributed by atoms with Gasteiger partial charge in [-0.15, -0.1) is 0 Å². The second-order valence-corrected chi connectivity index (χ2v) is 3.70. The van der Waals surface area contributed by atoms with E-state index in [1.54, 1.807) is 18.2 Å². The van der Waals surface area contributed by atoms with Crippen LogP contribution in [0, 0.1) is 6.92 Å². The molecule has 0 amide bonds. The van der Waals surface area contributed by atoms with Crippen molar-refractivity contribution in [2.75, 3.05) is 13.2 Å². The smallest absolute Gasteiger partial charge is 0.119 e. The summed E-state index contributed by atoms with van der Waals surface area (Å²) in [6, 6.07) is 5.23. The average Bonchev–Trinajstić information content (AvgIpc) is 2.28. The van der Waals surface area contributed by atoms with Crippen LogP contribution in [-0.2, 0) is 0 Å². The molecule has 0 radical (unpaired) electrons. The molecule has 6 heteroatoms. The first-order chi connectivity index (χ1) is 7.63. The first-order valence-electron chi connectivity index (χ1n) is 4.71. The van der Waals surface area contributed by atoms with E-state index in [4.69, 9.17) is 21.9 Å². The molecule has 0 aliphatic heterocycles. The summed E-state index contributed by atoms with van der Waals surface area (Å²) in [6.07, 6.45) is -0.799. The highest BCUT2D eigenvalue weighted by atomic mass is 35.5. The van der Waals surface area contributed by atoms with Crippen molar-refractivity contribution >= 4 is 11.6 Å². The molecule has 5 nitrogen and oxygen atoms in total. The van der Waals surface area contributed by atoms with Gasteiger partial charge in [0.05, 0.1) is 12.6 Å². The number of hydrogen-bond acceptors (Lipinski definition) is 3. The number of aliphatic hydroxyl groups is 1. The van der Waals surface area contributed by atoms with Crippen LogP contribution in [0.25, 0.3) is 10.4 Å². The van der Waals surface area contributed by atoms with Gasteiger partial charge in [0.25, 0.3) is 0 Å². The van der Waals surface area contributed by atoms with Crippen LogP contribution in [0.4, 0.5) is 0 Å². The van der Waals surface area contributed by atoms with Crippen molar-refractivity contribution in [3.8, 4) is 5.75 Å². The zero-order chi connectivity index (χ0) is 12.0. The van der Waals surface area contributed by atoms with E-state index < -0.39 is 6.10 Å². The highest BCUT2D eigenvalue weighted by molar-refractivity contribution is 6.31. The Kier molecular flexibility index (Phi) is 4.92. The summed E-state index contributed by atoms with van der Waals surface area (Å²) < 4.78 is 5.31. The van der Waals surface area contributed by atoms with Gasteiger partial charge in [-0.2, -0.15) is 0 Å². The van der Waals surface area contributed by atoms with Gasteiger partial charge in [-0.25, -0.2) is 0 Å². The molecule has 0 aliphatic carbocycles. The minimum Gasteiger partial charge on any atom is -0.491 e. The molecule has 0 spiro atoms. The Balaban J connectivity index is 2.48. The summed E-state index contributed by atoms with van der Waals surface area (Å²) in [4.78, 5) is 2.55. The molecule has 1 rings (SSSR count). The van der Waals surface area contributed by atoms with Crippen molar-refractivity contribution in [2.45, 2.75) is 13.0 Å². The van der Waals surface area contributed by atoms with E-state index >= 15 is 0 Å². The molecular weight excluding hydrogens is 230 g/mol. The molecule has 0 aliphatic rings. The summed E-state index contributed by atoms with van der Waals surface area (Å²) in [5, 5.41) is 13.3. The number of halogens is 1. The predicted molar refractivity (Wildman–Crippen MR) is 61.7 cm³/mol. The van der Waals surface area contributed by atoms with Crippen molar-refractivity contribution in [3.05, 3.63) is 39.2 Å². The van der Waals surface area contributed by atoms with Crippen LogP contribution in [0.5, 0.6) is 5.75 Å². The van der Waals surface area contributed by atoms with Crippen molar-refractivity contribution in [2.24, 2.45) is 5.11 Å². The molecule has 0 heterocycles. The number of ether oxygens (including phenoxy) is 1. The van der Waals surface area contributed by atoms with Gasteiger partial charge >= 0.3 is 0 Å². The van der Waals surface area contributed by atoms with Gasteiger partial charge in [0.1, 0.15) is 12.4 Å². The average molecular weight is 242 g/mol. The first kappa shape index (κ1) is 12.6. The summed E-state index contributed by atoms with van der Waals surface area (Å²) >= 11 is 5.85. The molecule has 1 aromatic rings. The highest BCUT2D eigenvalue weighted by Gasteiger charge is 2.04. The highest BCUT2D eigenvalue weighted by Crippen LogP contribution is 2.21. The lowest BCUT2D eigenvalue weighted by molar-refractivity contribution is 0.114. The lowest BCUT2D eigenvalue weighted by atomic mass is 10.2. The van der Waals surface area contributed by atoms with E-state index in [2.05, 4.69) is 10.0 Å². The minimum absolute atomic E-state index is 0.00305. The standard InChI is InChI=1S/C10H12ClN3O2/c1-7-4-9(2-3-10(7)11)16-6-8(15)5-13-14-12/h2-4,8,15H,5-6H2,1H3/t8-/m0/s1. The Bertz CT molecular complexity index is 405. The number of benzene rings is 1. The summed E-state index contributed by atoms with van der Waals surface area (Å²) in [6.45, 7) is 1.95. The molecule has 0 bridgehead atoms. The zero-order valence-electron chi connectivity index (χ0n) is 8.80. The normalized spacial score (nSPS) is 11.7. The van der Waals surface area contributed by atoms with E-state index in [0.717, 1.165) is 5.56 Å². The van der Waals surface area contributed by atoms with Gasteiger partial charge in [-0.3, -0.25) is 0 Å². The Morgan fingerprint density at radius 2 is 2.38 bits per heavy atom. The monoisotopic (exact) mass is 241 g/mol. The van der Waals surface area contributed by atoms with Crippen LogP contribution in [-0.4, -0.2) is 24.4 Å². The van der Waals surface area contributed by atoms with E-state index in [1.807, 2.05) is 6.92 Å². The number of aliphatic hydroxyl groups excluding tert-OH is 1. The van der Waals surface area contributed by atoms with Gasteiger partial charge in [0.2, 0.25) is 0 Å². The Morgan fingerprint density at radius 3 is 3.00 bits per heavy atom. The van der Waals surface area contributed by atoms with Gasteiger partial charge in [-0.05, 0) is 36.2 Å². The maximum Gasteiger partial charge on any atom is 0.119 e. The van der Waals surface area contributed by atoms with Gasteiger partial charge < -0.3 is 9.84 Å². The largest absolute Gasteiger partial charge is 0.491 e. The molecule has 0 fully saturated rings. The van der Waals surface area contributed by atoms with Crippen molar-refractivity contribution in [1.29, 1.82) is 0 Å². The van der Waals surface area contributed by atoms with Crippen LogP contribution in [0.3, 0.4) is 0 Å². The number of aryl methyl sites for hydroxylation is 1. The molecule has 16 heavy (non-hydrogen) atoms. The molecule has 0 unspecified atom stereocenters. The zero-order valence-corrected chi connectivity index (χ0v) is 9.55. The third-order valence-corrected chi connectivity index (χ3v) is 2.35. The van der Waals surface area contributed by atoms with Gasteiger partial charge in [0, 0.05) is 9.93 Å². The Hall–Kier alpha value is -1.42. The van der Waals surface area contributed by atoms with Gasteiger partial charge in [-0.1, -0.05) is 16.7 Å². The molecule has 1 atom stereocenters. The van der Waals surface area contributed by atoms with Crippen LogP contribution < -0.4 is 4.74 Å². The summed E-state index contributed by atoms with van der Waals surface area (Å²) in [7, 11) is 0. The van der Waals surface area contributed by atoms with Crippen LogP contribution in [0.15, 0.2) is 23.3 Å². The fourth-order valence-electron chi connectivity index (χ4n) is 1.08. The quantitative estimate of drug-likeness (QED) is 0.489. The maximum absolute atomic E-state index is 9.35. The SMILES string of the molecule is Cc1cc(OC[C@@H](O)CN=[N+]=[N-])ccc1Cl. The summed E-state index contributed by atoms with van der Waals surface area (Å²) in [5.41, 5.74) is 8.97. The van der Waals surface area contributed by atoms with E-state index in [-0.39, 0.29) is 13.2 Å². The van der Waals surface area contributed by atoms with E-state index in [1.165, 1.54) is 0 Å². The topological polar surface area (TPSA) is 78.2 Å². The van der Waals surface area contributed by atoms with E-state index in [9.17, 15) is 5.11 Å². The second-order valence-electron chi connectivity index (χ2n) is 3.29. The molecule has 0 saturated heterocycles. The van der Waals surface area contributed by atoms with Crippen molar-refractivity contribution < 1.29 is 9.84 Å².